The fourth-order valence-corrected chi connectivity index (χ4v) is 5.22. The van der Waals surface area contributed by atoms with Crippen molar-refractivity contribution in [3.8, 4) is 5.75 Å². The highest BCUT2D eigenvalue weighted by Gasteiger charge is 2.31. The molecule has 2 saturated heterocycles. The van der Waals surface area contributed by atoms with Crippen LogP contribution in [0.2, 0.25) is 0 Å². The quantitative estimate of drug-likeness (QED) is 0.691. The first-order chi connectivity index (χ1) is 16.1. The number of piperidine rings is 1. The van der Waals surface area contributed by atoms with Crippen LogP contribution in [-0.2, 0) is 16.1 Å². The van der Waals surface area contributed by atoms with Gasteiger partial charge in [0.1, 0.15) is 12.4 Å². The van der Waals surface area contributed by atoms with E-state index in [1.54, 1.807) is 0 Å². The predicted octanol–water partition coefficient (Wildman–Crippen LogP) is 2.13. The summed E-state index contributed by atoms with van der Waals surface area (Å²) in [5.41, 5.74) is 1.09. The third-order valence-electron chi connectivity index (χ3n) is 7.09. The van der Waals surface area contributed by atoms with Crippen LogP contribution in [-0.4, -0.2) is 86.0 Å². The van der Waals surface area contributed by atoms with Gasteiger partial charge in [-0.3, -0.25) is 14.5 Å². The van der Waals surface area contributed by atoms with Gasteiger partial charge in [0.2, 0.25) is 11.8 Å². The molecule has 0 unspecified atom stereocenters. The number of nitrogens with one attached hydrogen (secondary N) is 1. The first kappa shape index (κ1) is 23.8. The van der Waals surface area contributed by atoms with Gasteiger partial charge in [0, 0.05) is 44.7 Å². The molecule has 4 rings (SSSR count). The number of carbonyl (C=O) groups excluding carboxylic acids is 2. The molecule has 1 aromatic rings. The Hall–Kier alpha value is -2.38. The molecular formula is C26H38N4O3. The van der Waals surface area contributed by atoms with Gasteiger partial charge in [-0.1, -0.05) is 30.4 Å². The van der Waals surface area contributed by atoms with Crippen LogP contribution in [0.4, 0.5) is 0 Å². The van der Waals surface area contributed by atoms with Gasteiger partial charge in [-0.15, -0.1) is 0 Å². The predicted molar refractivity (Wildman–Crippen MR) is 129 cm³/mol. The summed E-state index contributed by atoms with van der Waals surface area (Å²) in [7, 11) is 1.98. The van der Waals surface area contributed by atoms with E-state index >= 15 is 0 Å². The Morgan fingerprint density at radius 3 is 2.82 bits per heavy atom. The third kappa shape index (κ3) is 6.81. The molecule has 3 aliphatic rings. The average Bonchev–Trinajstić information content (AvgIpc) is 3.31. The van der Waals surface area contributed by atoms with E-state index in [9.17, 15) is 9.59 Å². The van der Waals surface area contributed by atoms with Crippen molar-refractivity contribution in [3.63, 3.8) is 0 Å². The van der Waals surface area contributed by atoms with Crippen molar-refractivity contribution in [3.05, 3.63) is 42.0 Å². The van der Waals surface area contributed by atoms with Crippen LogP contribution in [0.25, 0.3) is 0 Å². The topological polar surface area (TPSA) is 65.1 Å². The van der Waals surface area contributed by atoms with Crippen molar-refractivity contribution in [2.45, 2.75) is 32.2 Å². The van der Waals surface area contributed by atoms with E-state index in [1.165, 1.54) is 12.8 Å². The van der Waals surface area contributed by atoms with E-state index in [2.05, 4.69) is 28.4 Å². The summed E-state index contributed by atoms with van der Waals surface area (Å²) in [5.74, 6) is 1.55. The van der Waals surface area contributed by atoms with E-state index in [-0.39, 0.29) is 23.7 Å². The van der Waals surface area contributed by atoms with Crippen LogP contribution in [0.15, 0.2) is 36.4 Å². The first-order valence-electron chi connectivity index (χ1n) is 12.4. The molecule has 7 heteroatoms. The van der Waals surface area contributed by atoms with E-state index < -0.39 is 0 Å². The van der Waals surface area contributed by atoms with Crippen molar-refractivity contribution in [1.82, 2.24) is 20.0 Å². The molecule has 3 heterocycles. The Bertz CT molecular complexity index is 837. The monoisotopic (exact) mass is 454 g/mol. The molecule has 3 aliphatic heterocycles. The Labute approximate surface area is 197 Å². The van der Waals surface area contributed by atoms with Crippen LogP contribution in [0.5, 0.6) is 5.75 Å². The maximum atomic E-state index is 13.0. The van der Waals surface area contributed by atoms with Gasteiger partial charge in [0.25, 0.3) is 0 Å². The second-order valence-corrected chi connectivity index (χ2v) is 9.67. The standard InChI is InChI=1S/C26H38N4O3/c1-28-18-23-7-2-3-9-24(23)33-16-6-8-22-19-30(26(32)20-28)14-10-21(22)17-25(31)27-11-15-29-12-4-5-13-29/h2-3,6-9,21-22H,4-5,10-20H2,1H3,(H,27,31)/b8-6-/t21-,22-/m0/s1. The summed E-state index contributed by atoms with van der Waals surface area (Å²) in [5, 5.41) is 3.12. The molecule has 0 saturated carbocycles. The Balaban J connectivity index is 1.37. The highest BCUT2D eigenvalue weighted by atomic mass is 16.5. The van der Waals surface area contributed by atoms with Crippen molar-refractivity contribution in [1.29, 1.82) is 0 Å². The largest absolute Gasteiger partial charge is 0.489 e. The van der Waals surface area contributed by atoms with Gasteiger partial charge in [0.05, 0.1) is 6.54 Å². The maximum Gasteiger partial charge on any atom is 0.236 e. The minimum atomic E-state index is 0.125. The number of likely N-dealkylation sites (N-methyl/N-ethyl adjacent to an activating group) is 1. The lowest BCUT2D eigenvalue weighted by Crippen LogP contribution is -2.47. The average molecular weight is 455 g/mol. The molecule has 1 aromatic carbocycles. The van der Waals surface area contributed by atoms with E-state index in [0.717, 1.165) is 50.5 Å². The van der Waals surface area contributed by atoms with Crippen LogP contribution >= 0.6 is 0 Å². The molecule has 0 spiro atoms. The number of likely N-dealkylation sites (tertiary alicyclic amines) is 1. The zero-order valence-corrected chi connectivity index (χ0v) is 19.9. The summed E-state index contributed by atoms with van der Waals surface area (Å²) in [6.45, 7) is 6.88. The molecular weight excluding hydrogens is 416 g/mol. The SMILES string of the molecule is CN1CC(=O)N2CC[C@@H](CC(=O)NCCN3CCCC3)[C@@H](/C=C\COc3ccccc3C1)C2. The van der Waals surface area contributed by atoms with Gasteiger partial charge < -0.3 is 19.9 Å². The summed E-state index contributed by atoms with van der Waals surface area (Å²) in [6.07, 6.45) is 8.11. The lowest BCUT2D eigenvalue weighted by Gasteiger charge is -2.38. The number of carbonyl (C=O) groups is 2. The first-order valence-corrected chi connectivity index (χ1v) is 12.4. The van der Waals surface area contributed by atoms with E-state index in [0.29, 0.717) is 32.7 Å². The number of fused-ring (bicyclic) bond motifs is 3. The smallest absolute Gasteiger partial charge is 0.236 e. The number of hydrogen-bond acceptors (Lipinski definition) is 5. The fraction of sp³-hybridized carbons (Fsp3) is 0.615. The number of ether oxygens (including phenoxy) is 1. The number of para-hydroxylation sites is 1. The molecule has 0 aromatic heterocycles. The molecule has 180 valence electrons. The molecule has 33 heavy (non-hydrogen) atoms. The highest BCUT2D eigenvalue weighted by molar-refractivity contribution is 5.79. The third-order valence-corrected chi connectivity index (χ3v) is 7.09. The molecule has 2 atom stereocenters. The van der Waals surface area contributed by atoms with Gasteiger partial charge in [-0.2, -0.15) is 0 Å². The van der Waals surface area contributed by atoms with Crippen molar-refractivity contribution >= 4 is 11.8 Å². The molecule has 7 nitrogen and oxygen atoms in total. The molecule has 0 radical (unpaired) electrons. The Kier molecular flexibility index (Phi) is 8.40. The van der Waals surface area contributed by atoms with E-state index in [4.69, 9.17) is 4.74 Å². The minimum Gasteiger partial charge on any atom is -0.489 e. The highest BCUT2D eigenvalue weighted by Crippen LogP contribution is 2.29. The van der Waals surface area contributed by atoms with Gasteiger partial charge in [-0.25, -0.2) is 0 Å². The second kappa shape index (κ2) is 11.7. The zero-order chi connectivity index (χ0) is 23.0. The van der Waals surface area contributed by atoms with Crippen molar-refractivity contribution < 1.29 is 14.3 Å². The maximum absolute atomic E-state index is 13.0. The minimum absolute atomic E-state index is 0.125. The van der Waals surface area contributed by atoms with Crippen LogP contribution in [0.1, 0.15) is 31.2 Å². The van der Waals surface area contributed by atoms with Gasteiger partial charge in [-0.05, 0) is 57.3 Å². The lowest BCUT2D eigenvalue weighted by molar-refractivity contribution is -0.134. The van der Waals surface area contributed by atoms with Crippen LogP contribution in [0.3, 0.4) is 0 Å². The van der Waals surface area contributed by atoms with E-state index in [1.807, 2.05) is 35.0 Å². The summed E-state index contributed by atoms with van der Waals surface area (Å²) in [6, 6.07) is 8.01. The van der Waals surface area contributed by atoms with Gasteiger partial charge >= 0.3 is 0 Å². The number of rotatable bonds is 5. The molecule has 2 bridgehead atoms. The van der Waals surface area contributed by atoms with Crippen molar-refractivity contribution in [2.75, 3.05) is 59.5 Å². The number of amides is 2. The molecule has 0 aliphatic carbocycles. The Morgan fingerprint density at radius 1 is 1.15 bits per heavy atom. The fourth-order valence-electron chi connectivity index (χ4n) is 5.22. The van der Waals surface area contributed by atoms with Crippen LogP contribution in [0, 0.1) is 11.8 Å². The number of benzene rings is 1. The van der Waals surface area contributed by atoms with Gasteiger partial charge in [0.15, 0.2) is 0 Å². The molecule has 2 amide bonds. The van der Waals surface area contributed by atoms with Crippen LogP contribution < -0.4 is 10.1 Å². The number of nitrogens with zero attached hydrogens (tertiary/aromatic N) is 3. The second-order valence-electron chi connectivity index (χ2n) is 9.67. The molecule has 1 N–H and O–H groups in total. The number of hydrogen-bond donors (Lipinski definition) is 1. The summed E-state index contributed by atoms with van der Waals surface area (Å²) < 4.78 is 6.04. The van der Waals surface area contributed by atoms with Crippen molar-refractivity contribution in [2.24, 2.45) is 11.8 Å². The molecule has 2 fully saturated rings. The summed E-state index contributed by atoms with van der Waals surface area (Å²) >= 11 is 0. The summed E-state index contributed by atoms with van der Waals surface area (Å²) in [4.78, 5) is 32.1. The Morgan fingerprint density at radius 2 is 1.97 bits per heavy atom. The zero-order valence-electron chi connectivity index (χ0n) is 19.9. The normalized spacial score (nSPS) is 25.8. The lowest BCUT2D eigenvalue weighted by atomic mass is 9.82.